The summed E-state index contributed by atoms with van der Waals surface area (Å²) >= 11 is 3.54. The highest BCUT2D eigenvalue weighted by Gasteiger charge is 2.19. The van der Waals surface area contributed by atoms with Crippen molar-refractivity contribution in [3.05, 3.63) is 52.0 Å². The number of hydrogen-bond donors (Lipinski definition) is 2. The lowest BCUT2D eigenvalue weighted by molar-refractivity contribution is -0.121. The van der Waals surface area contributed by atoms with Gasteiger partial charge in [0.25, 0.3) is 0 Å². The number of anilines is 1. The van der Waals surface area contributed by atoms with E-state index in [0.717, 1.165) is 21.3 Å². The number of nitrogens with one attached hydrogen (secondary N) is 1. The van der Waals surface area contributed by atoms with Crippen LogP contribution in [0.1, 0.15) is 24.1 Å². The van der Waals surface area contributed by atoms with Gasteiger partial charge in [-0.1, -0.05) is 28.1 Å². The summed E-state index contributed by atoms with van der Waals surface area (Å²) in [6.45, 7) is 3.02. The third-order valence-electron chi connectivity index (χ3n) is 3.85. The second-order valence-corrected chi connectivity index (χ2v) is 6.58. The van der Waals surface area contributed by atoms with Crippen LogP contribution in [0.4, 0.5) is 5.69 Å². The van der Waals surface area contributed by atoms with Gasteiger partial charge in [0.1, 0.15) is 13.2 Å². The van der Waals surface area contributed by atoms with E-state index in [2.05, 4.69) is 21.2 Å². The Morgan fingerprint density at radius 1 is 1.21 bits per heavy atom. The number of benzene rings is 2. The fourth-order valence-corrected chi connectivity index (χ4v) is 3.27. The average Bonchev–Trinajstić information content (AvgIpc) is 2.56. The largest absolute Gasteiger partial charge is 0.486 e. The normalized spacial score (nSPS) is 14.1. The second kappa shape index (κ2) is 7.13. The summed E-state index contributed by atoms with van der Waals surface area (Å²) in [6.07, 6.45) is 0.312. The Kier molecular flexibility index (Phi) is 4.94. The van der Waals surface area contributed by atoms with Crippen molar-refractivity contribution in [2.24, 2.45) is 0 Å². The first kappa shape index (κ1) is 16.6. The van der Waals surface area contributed by atoms with Gasteiger partial charge in [-0.15, -0.1) is 0 Å². The van der Waals surface area contributed by atoms with Crippen molar-refractivity contribution >= 4 is 27.5 Å². The molecule has 1 unspecified atom stereocenters. The molecule has 0 radical (unpaired) electrons. The van der Waals surface area contributed by atoms with E-state index in [9.17, 15) is 4.79 Å². The molecule has 1 atom stereocenters. The van der Waals surface area contributed by atoms with E-state index in [1.165, 1.54) is 0 Å². The third kappa shape index (κ3) is 3.82. The van der Waals surface area contributed by atoms with Crippen LogP contribution in [0.5, 0.6) is 11.5 Å². The van der Waals surface area contributed by atoms with Gasteiger partial charge in [0.15, 0.2) is 11.5 Å². The molecule has 1 heterocycles. The molecular formula is C18H19BrN2O3. The molecule has 0 aromatic heterocycles. The zero-order valence-corrected chi connectivity index (χ0v) is 14.9. The van der Waals surface area contributed by atoms with Crippen molar-refractivity contribution in [3.8, 4) is 11.5 Å². The van der Waals surface area contributed by atoms with Gasteiger partial charge in [-0.2, -0.15) is 0 Å². The zero-order chi connectivity index (χ0) is 17.1. The lowest BCUT2D eigenvalue weighted by atomic mass is 10.1. The predicted octanol–water partition coefficient (Wildman–Crippen LogP) is 3.22. The van der Waals surface area contributed by atoms with Crippen LogP contribution in [-0.2, 0) is 11.2 Å². The summed E-state index contributed by atoms with van der Waals surface area (Å²) in [5, 5.41) is 3.01. The Morgan fingerprint density at radius 3 is 2.50 bits per heavy atom. The fourth-order valence-electron chi connectivity index (χ4n) is 2.60. The monoisotopic (exact) mass is 390 g/mol. The van der Waals surface area contributed by atoms with Gasteiger partial charge in [-0.05, 0) is 42.3 Å². The maximum absolute atomic E-state index is 12.3. The summed E-state index contributed by atoms with van der Waals surface area (Å²) in [4.78, 5) is 12.3. The van der Waals surface area contributed by atoms with Gasteiger partial charge in [-0.3, -0.25) is 4.79 Å². The SMILES string of the molecule is CC(NC(=O)Cc1ccc(N)cc1)c1cc2c(cc1Br)OCCO2. The Hall–Kier alpha value is -2.21. The number of nitrogens with two attached hydrogens (primary N) is 1. The lowest BCUT2D eigenvalue weighted by Gasteiger charge is -2.22. The molecule has 0 aliphatic carbocycles. The van der Waals surface area contributed by atoms with E-state index in [1.807, 2.05) is 31.2 Å². The highest BCUT2D eigenvalue weighted by Crippen LogP contribution is 2.37. The first-order valence-corrected chi connectivity index (χ1v) is 8.55. The van der Waals surface area contributed by atoms with E-state index in [-0.39, 0.29) is 11.9 Å². The molecule has 6 heteroatoms. The van der Waals surface area contributed by atoms with Crippen molar-refractivity contribution in [1.82, 2.24) is 5.32 Å². The van der Waals surface area contributed by atoms with Crippen LogP contribution in [0, 0.1) is 0 Å². The summed E-state index contributed by atoms with van der Waals surface area (Å²) in [7, 11) is 0. The fraction of sp³-hybridized carbons (Fsp3) is 0.278. The molecular weight excluding hydrogens is 372 g/mol. The van der Waals surface area contributed by atoms with Crippen LogP contribution < -0.4 is 20.5 Å². The van der Waals surface area contributed by atoms with E-state index >= 15 is 0 Å². The van der Waals surface area contributed by atoms with Crippen LogP contribution in [-0.4, -0.2) is 19.1 Å². The summed E-state index contributed by atoms with van der Waals surface area (Å²) in [6, 6.07) is 10.9. The highest BCUT2D eigenvalue weighted by atomic mass is 79.9. The van der Waals surface area contributed by atoms with Crippen molar-refractivity contribution in [2.75, 3.05) is 18.9 Å². The molecule has 1 aliphatic rings. The summed E-state index contributed by atoms with van der Waals surface area (Å²) in [5.41, 5.74) is 8.22. The highest BCUT2D eigenvalue weighted by molar-refractivity contribution is 9.10. The van der Waals surface area contributed by atoms with Crippen LogP contribution >= 0.6 is 15.9 Å². The number of fused-ring (bicyclic) bond motifs is 1. The quantitative estimate of drug-likeness (QED) is 0.785. The van der Waals surface area contributed by atoms with Gasteiger partial charge >= 0.3 is 0 Å². The molecule has 0 spiro atoms. The molecule has 1 amide bonds. The first-order chi connectivity index (χ1) is 11.5. The summed E-state index contributed by atoms with van der Waals surface area (Å²) in [5.74, 6) is 1.38. The average molecular weight is 391 g/mol. The Morgan fingerprint density at radius 2 is 1.83 bits per heavy atom. The van der Waals surface area contributed by atoms with Gasteiger partial charge in [-0.25, -0.2) is 0 Å². The smallest absolute Gasteiger partial charge is 0.224 e. The number of carbonyl (C=O) groups is 1. The Bertz CT molecular complexity index is 747. The minimum Gasteiger partial charge on any atom is -0.486 e. The lowest BCUT2D eigenvalue weighted by Crippen LogP contribution is -2.28. The molecule has 3 rings (SSSR count). The maximum atomic E-state index is 12.3. The second-order valence-electron chi connectivity index (χ2n) is 5.72. The van der Waals surface area contributed by atoms with E-state index in [4.69, 9.17) is 15.2 Å². The minimum absolute atomic E-state index is 0.0472. The number of rotatable bonds is 4. The number of amides is 1. The van der Waals surface area contributed by atoms with E-state index in [0.29, 0.717) is 31.1 Å². The van der Waals surface area contributed by atoms with E-state index < -0.39 is 0 Å². The number of nitrogen functional groups attached to an aromatic ring is 1. The molecule has 126 valence electrons. The maximum Gasteiger partial charge on any atom is 0.224 e. The minimum atomic E-state index is -0.156. The topological polar surface area (TPSA) is 73.6 Å². The van der Waals surface area contributed by atoms with Crippen LogP contribution in [0.25, 0.3) is 0 Å². The van der Waals surface area contributed by atoms with Gasteiger partial charge < -0.3 is 20.5 Å². The Balaban J connectivity index is 1.69. The number of ether oxygens (including phenoxy) is 2. The van der Waals surface area contributed by atoms with Crippen LogP contribution in [0.15, 0.2) is 40.9 Å². The molecule has 0 saturated heterocycles. The third-order valence-corrected chi connectivity index (χ3v) is 4.54. The molecule has 0 bridgehead atoms. The molecule has 0 fully saturated rings. The first-order valence-electron chi connectivity index (χ1n) is 7.76. The zero-order valence-electron chi connectivity index (χ0n) is 13.3. The summed E-state index contributed by atoms with van der Waals surface area (Å²) < 4.78 is 12.0. The molecule has 24 heavy (non-hydrogen) atoms. The van der Waals surface area contributed by atoms with Crippen molar-refractivity contribution in [1.29, 1.82) is 0 Å². The predicted molar refractivity (Wildman–Crippen MR) is 96.2 cm³/mol. The molecule has 2 aromatic rings. The van der Waals surface area contributed by atoms with Crippen molar-refractivity contribution < 1.29 is 14.3 Å². The molecule has 1 aliphatic heterocycles. The number of hydrogen-bond acceptors (Lipinski definition) is 4. The van der Waals surface area contributed by atoms with E-state index in [1.54, 1.807) is 12.1 Å². The van der Waals surface area contributed by atoms with Crippen LogP contribution in [0.2, 0.25) is 0 Å². The van der Waals surface area contributed by atoms with Gasteiger partial charge in [0, 0.05) is 10.2 Å². The van der Waals surface area contributed by atoms with Crippen LogP contribution in [0.3, 0.4) is 0 Å². The van der Waals surface area contributed by atoms with Gasteiger partial charge in [0.05, 0.1) is 12.5 Å². The standard InChI is InChI=1S/C18H19BrN2O3/c1-11(21-18(22)8-12-2-4-13(20)5-3-12)14-9-16-17(10-15(14)19)24-7-6-23-16/h2-5,9-11H,6-8,20H2,1H3,(H,21,22). The van der Waals surface area contributed by atoms with Crippen molar-refractivity contribution in [2.45, 2.75) is 19.4 Å². The van der Waals surface area contributed by atoms with Crippen molar-refractivity contribution in [3.63, 3.8) is 0 Å². The molecule has 5 nitrogen and oxygen atoms in total. The number of halogens is 1. The Labute approximate surface area is 149 Å². The number of carbonyl (C=O) groups excluding carboxylic acids is 1. The molecule has 2 aromatic carbocycles. The molecule has 3 N–H and O–H groups in total. The van der Waals surface area contributed by atoms with Gasteiger partial charge in [0.2, 0.25) is 5.91 Å². The molecule has 0 saturated carbocycles.